The molecular weight excluding hydrogens is 254 g/mol. The summed E-state index contributed by atoms with van der Waals surface area (Å²) in [6.07, 6.45) is 9.86. The Balaban J connectivity index is 1.67. The Hall–Kier alpha value is -1.06. The van der Waals surface area contributed by atoms with Crippen molar-refractivity contribution in [2.24, 2.45) is 17.8 Å². The van der Waals surface area contributed by atoms with Gasteiger partial charge in [0.15, 0.2) is 0 Å². The number of carbonyl (C=O) groups excluding carboxylic acids is 1. The molecule has 0 aliphatic heterocycles. The van der Waals surface area contributed by atoms with Gasteiger partial charge in [-0.3, -0.25) is 9.59 Å². The molecule has 0 aromatic carbocycles. The van der Waals surface area contributed by atoms with Crippen LogP contribution in [0.25, 0.3) is 0 Å². The number of hydrogen-bond donors (Lipinski definition) is 1. The van der Waals surface area contributed by atoms with Crippen LogP contribution in [0.2, 0.25) is 0 Å². The zero-order valence-electron chi connectivity index (χ0n) is 12.1. The summed E-state index contributed by atoms with van der Waals surface area (Å²) in [6, 6.07) is 0.381. The molecule has 3 fully saturated rings. The second kappa shape index (κ2) is 5.74. The zero-order chi connectivity index (χ0) is 14.1. The Bertz CT molecular complexity index is 385. The maximum Gasteiger partial charge on any atom is 0.307 e. The van der Waals surface area contributed by atoms with E-state index >= 15 is 0 Å². The highest BCUT2D eigenvalue weighted by Crippen LogP contribution is 2.39. The molecule has 0 saturated heterocycles. The lowest BCUT2D eigenvalue weighted by Crippen LogP contribution is -2.51. The first-order valence-corrected chi connectivity index (χ1v) is 8.20. The lowest BCUT2D eigenvalue weighted by Gasteiger charge is -2.41. The lowest BCUT2D eigenvalue weighted by molar-refractivity contribution is -0.158. The van der Waals surface area contributed by atoms with Crippen LogP contribution in [0.4, 0.5) is 0 Å². The van der Waals surface area contributed by atoms with Crippen LogP contribution in [0.15, 0.2) is 0 Å². The fraction of sp³-hybridized carbons (Fsp3) is 0.875. The summed E-state index contributed by atoms with van der Waals surface area (Å²) in [5.74, 6) is -0.628. The topological polar surface area (TPSA) is 57.6 Å². The van der Waals surface area contributed by atoms with Gasteiger partial charge in [-0.1, -0.05) is 19.3 Å². The van der Waals surface area contributed by atoms with E-state index in [9.17, 15) is 9.59 Å². The number of aliphatic carboxylic acids is 1. The van der Waals surface area contributed by atoms with Gasteiger partial charge >= 0.3 is 5.97 Å². The molecule has 0 spiro atoms. The molecule has 3 aliphatic carbocycles. The molecule has 2 atom stereocenters. The molecule has 3 aliphatic rings. The van der Waals surface area contributed by atoms with Crippen molar-refractivity contribution < 1.29 is 14.7 Å². The SMILES string of the molecule is O=C(O)C1CCC1C(=O)N(CC1CC1)C1CCCCC1. The van der Waals surface area contributed by atoms with Crippen molar-refractivity contribution in [3.8, 4) is 0 Å². The van der Waals surface area contributed by atoms with Crippen LogP contribution >= 0.6 is 0 Å². The quantitative estimate of drug-likeness (QED) is 0.841. The minimum atomic E-state index is -0.787. The van der Waals surface area contributed by atoms with Gasteiger partial charge in [-0.25, -0.2) is 0 Å². The van der Waals surface area contributed by atoms with Gasteiger partial charge in [-0.05, 0) is 44.4 Å². The Morgan fingerprint density at radius 2 is 1.55 bits per heavy atom. The molecule has 4 nitrogen and oxygen atoms in total. The molecule has 0 aromatic rings. The van der Waals surface area contributed by atoms with Crippen LogP contribution in [0, 0.1) is 17.8 Å². The van der Waals surface area contributed by atoms with Crippen molar-refractivity contribution in [1.82, 2.24) is 4.90 Å². The van der Waals surface area contributed by atoms with Gasteiger partial charge in [0, 0.05) is 12.6 Å². The van der Waals surface area contributed by atoms with E-state index < -0.39 is 11.9 Å². The molecule has 0 bridgehead atoms. The van der Waals surface area contributed by atoms with Crippen LogP contribution in [-0.2, 0) is 9.59 Å². The molecule has 112 valence electrons. The Kier molecular flexibility index (Phi) is 3.99. The van der Waals surface area contributed by atoms with Crippen LogP contribution in [0.5, 0.6) is 0 Å². The summed E-state index contributed by atoms with van der Waals surface area (Å²) in [7, 11) is 0. The van der Waals surface area contributed by atoms with Gasteiger partial charge in [0.05, 0.1) is 11.8 Å². The Morgan fingerprint density at radius 3 is 2.05 bits per heavy atom. The molecule has 0 heterocycles. The predicted molar refractivity (Wildman–Crippen MR) is 75.2 cm³/mol. The van der Waals surface area contributed by atoms with Crippen LogP contribution in [0.3, 0.4) is 0 Å². The summed E-state index contributed by atoms with van der Waals surface area (Å²) in [6.45, 7) is 0.881. The number of hydrogen-bond acceptors (Lipinski definition) is 2. The number of nitrogens with zero attached hydrogens (tertiary/aromatic N) is 1. The van der Waals surface area contributed by atoms with Crippen molar-refractivity contribution in [2.75, 3.05) is 6.54 Å². The van der Waals surface area contributed by atoms with E-state index in [0.717, 1.165) is 25.8 Å². The van der Waals surface area contributed by atoms with Gasteiger partial charge in [-0.15, -0.1) is 0 Å². The average molecular weight is 279 g/mol. The standard InChI is InChI=1S/C16H25NO3/c18-15(13-8-9-14(13)16(19)20)17(10-11-6-7-11)12-4-2-1-3-5-12/h11-14H,1-10H2,(H,19,20). The predicted octanol–water partition coefficient (Wildman–Crippen LogP) is 2.67. The summed E-state index contributed by atoms with van der Waals surface area (Å²) in [4.78, 5) is 26.0. The Morgan fingerprint density at radius 1 is 0.900 bits per heavy atom. The Labute approximate surface area is 120 Å². The van der Waals surface area contributed by atoms with E-state index in [2.05, 4.69) is 4.90 Å². The summed E-state index contributed by atoms with van der Waals surface area (Å²) >= 11 is 0. The van der Waals surface area contributed by atoms with E-state index in [0.29, 0.717) is 18.4 Å². The first-order chi connectivity index (χ1) is 9.66. The van der Waals surface area contributed by atoms with E-state index in [-0.39, 0.29) is 11.8 Å². The molecule has 3 saturated carbocycles. The number of amides is 1. The number of carboxylic acid groups (broad SMARTS) is 1. The number of rotatable bonds is 5. The van der Waals surface area contributed by atoms with Gasteiger partial charge in [0.1, 0.15) is 0 Å². The molecule has 20 heavy (non-hydrogen) atoms. The summed E-state index contributed by atoms with van der Waals surface area (Å²) < 4.78 is 0. The maximum atomic E-state index is 12.8. The maximum absolute atomic E-state index is 12.8. The highest BCUT2D eigenvalue weighted by molar-refractivity contribution is 5.86. The first-order valence-electron chi connectivity index (χ1n) is 8.20. The normalized spacial score (nSPS) is 30.6. The van der Waals surface area contributed by atoms with E-state index in [4.69, 9.17) is 5.11 Å². The smallest absolute Gasteiger partial charge is 0.307 e. The highest BCUT2D eigenvalue weighted by atomic mass is 16.4. The highest BCUT2D eigenvalue weighted by Gasteiger charge is 2.45. The number of carboxylic acids is 1. The monoisotopic (exact) mass is 279 g/mol. The second-order valence-electron chi connectivity index (χ2n) is 6.85. The second-order valence-corrected chi connectivity index (χ2v) is 6.85. The third-order valence-electron chi connectivity index (χ3n) is 5.36. The molecule has 4 heteroatoms. The van der Waals surface area contributed by atoms with Gasteiger partial charge in [0.25, 0.3) is 0 Å². The van der Waals surface area contributed by atoms with Gasteiger partial charge in [0.2, 0.25) is 5.91 Å². The fourth-order valence-electron chi connectivity index (χ4n) is 3.69. The number of carbonyl (C=O) groups is 2. The molecule has 1 N–H and O–H groups in total. The van der Waals surface area contributed by atoms with Gasteiger partial charge < -0.3 is 10.0 Å². The first kappa shape index (κ1) is 13.9. The molecule has 2 unspecified atom stereocenters. The summed E-state index contributed by atoms with van der Waals surface area (Å²) in [5, 5.41) is 9.17. The third-order valence-corrected chi connectivity index (χ3v) is 5.36. The average Bonchev–Trinajstić information content (AvgIpc) is 3.18. The zero-order valence-corrected chi connectivity index (χ0v) is 12.1. The van der Waals surface area contributed by atoms with Crippen molar-refractivity contribution in [3.63, 3.8) is 0 Å². The third kappa shape index (κ3) is 2.84. The minimum Gasteiger partial charge on any atom is -0.481 e. The van der Waals surface area contributed by atoms with E-state index in [1.54, 1.807) is 0 Å². The summed E-state index contributed by atoms with van der Waals surface area (Å²) in [5.41, 5.74) is 0. The minimum absolute atomic E-state index is 0.141. The van der Waals surface area contributed by atoms with E-state index in [1.165, 1.54) is 32.1 Å². The molecule has 0 radical (unpaired) electrons. The van der Waals surface area contributed by atoms with Crippen LogP contribution in [-0.4, -0.2) is 34.5 Å². The molecule has 1 amide bonds. The molecular formula is C16H25NO3. The van der Waals surface area contributed by atoms with Gasteiger partial charge in [-0.2, -0.15) is 0 Å². The lowest BCUT2D eigenvalue weighted by atomic mass is 9.72. The van der Waals surface area contributed by atoms with Crippen molar-refractivity contribution in [3.05, 3.63) is 0 Å². The molecule has 0 aromatic heterocycles. The van der Waals surface area contributed by atoms with Crippen molar-refractivity contribution in [1.29, 1.82) is 0 Å². The molecule has 3 rings (SSSR count). The largest absolute Gasteiger partial charge is 0.481 e. The van der Waals surface area contributed by atoms with Crippen LogP contribution < -0.4 is 0 Å². The fourth-order valence-corrected chi connectivity index (χ4v) is 3.69. The van der Waals surface area contributed by atoms with Crippen molar-refractivity contribution >= 4 is 11.9 Å². The van der Waals surface area contributed by atoms with E-state index in [1.807, 2.05) is 0 Å². The van der Waals surface area contributed by atoms with Crippen molar-refractivity contribution in [2.45, 2.75) is 63.8 Å². The van der Waals surface area contributed by atoms with Crippen LogP contribution in [0.1, 0.15) is 57.8 Å².